The number of carboxylic acid groups (broad SMARTS) is 1. The summed E-state index contributed by atoms with van der Waals surface area (Å²) in [5.74, 6) is 0.0577. The normalized spacial score (nSPS) is 24.4. The van der Waals surface area contributed by atoms with Crippen LogP contribution in [0.1, 0.15) is 24.0 Å². The van der Waals surface area contributed by atoms with E-state index >= 15 is 0 Å². The average molecular weight is 231 g/mol. The molecule has 3 heteroatoms. The molecular weight excluding hydrogens is 214 g/mol. The predicted octanol–water partition coefficient (Wildman–Crippen LogP) is 1.91. The average Bonchev–Trinajstić information content (AvgIpc) is 3.12. The summed E-state index contributed by atoms with van der Waals surface area (Å²) in [5, 5.41) is 9.33. The second kappa shape index (κ2) is 4.15. The molecule has 1 N–H and O–H groups in total. The number of fused-ring (bicyclic) bond motifs is 1. The lowest BCUT2D eigenvalue weighted by Crippen LogP contribution is -2.46. The highest BCUT2D eigenvalue weighted by Crippen LogP contribution is 2.33. The zero-order chi connectivity index (χ0) is 11.8. The minimum Gasteiger partial charge on any atom is -0.480 e. The predicted molar refractivity (Wildman–Crippen MR) is 64.7 cm³/mol. The molecular formula is C14H17NO2. The van der Waals surface area contributed by atoms with Gasteiger partial charge >= 0.3 is 5.97 Å². The molecule has 3 rings (SSSR count). The third kappa shape index (κ3) is 2.20. The molecule has 1 heterocycles. The molecule has 0 saturated heterocycles. The van der Waals surface area contributed by atoms with Gasteiger partial charge in [-0.1, -0.05) is 24.3 Å². The van der Waals surface area contributed by atoms with Crippen LogP contribution in [0.3, 0.4) is 0 Å². The van der Waals surface area contributed by atoms with Crippen molar-refractivity contribution in [3.8, 4) is 0 Å². The fourth-order valence-electron chi connectivity index (χ4n) is 2.64. The van der Waals surface area contributed by atoms with Gasteiger partial charge in [-0.3, -0.25) is 9.69 Å². The zero-order valence-corrected chi connectivity index (χ0v) is 9.80. The van der Waals surface area contributed by atoms with E-state index in [1.54, 1.807) is 0 Å². The van der Waals surface area contributed by atoms with Crippen molar-refractivity contribution < 1.29 is 9.90 Å². The highest BCUT2D eigenvalue weighted by molar-refractivity contribution is 5.74. The van der Waals surface area contributed by atoms with Gasteiger partial charge in [0.25, 0.3) is 0 Å². The van der Waals surface area contributed by atoms with Crippen molar-refractivity contribution in [1.29, 1.82) is 0 Å². The van der Waals surface area contributed by atoms with Gasteiger partial charge < -0.3 is 5.11 Å². The van der Waals surface area contributed by atoms with E-state index in [9.17, 15) is 9.90 Å². The Morgan fingerprint density at radius 3 is 2.65 bits per heavy atom. The van der Waals surface area contributed by atoms with E-state index in [-0.39, 0.29) is 6.04 Å². The van der Waals surface area contributed by atoms with Crippen LogP contribution in [0.2, 0.25) is 0 Å². The van der Waals surface area contributed by atoms with Crippen LogP contribution in [0.25, 0.3) is 0 Å². The number of nitrogens with zero attached hydrogens (tertiary/aromatic N) is 1. The van der Waals surface area contributed by atoms with Crippen LogP contribution in [0, 0.1) is 5.92 Å². The van der Waals surface area contributed by atoms with Crippen molar-refractivity contribution in [3.63, 3.8) is 0 Å². The van der Waals surface area contributed by atoms with Gasteiger partial charge in [0.1, 0.15) is 6.04 Å². The Balaban J connectivity index is 1.84. The Morgan fingerprint density at radius 1 is 1.29 bits per heavy atom. The first-order valence-electron chi connectivity index (χ1n) is 6.27. The van der Waals surface area contributed by atoms with Gasteiger partial charge in [-0.05, 0) is 36.3 Å². The Morgan fingerprint density at radius 2 is 2.00 bits per heavy atom. The van der Waals surface area contributed by atoms with Crippen molar-refractivity contribution in [2.45, 2.75) is 31.8 Å². The summed E-state index contributed by atoms with van der Waals surface area (Å²) in [6.45, 7) is 1.74. The molecule has 1 aliphatic heterocycles. The van der Waals surface area contributed by atoms with E-state index in [4.69, 9.17) is 0 Å². The van der Waals surface area contributed by atoms with Gasteiger partial charge in [0.2, 0.25) is 0 Å². The molecule has 0 aromatic heterocycles. The van der Waals surface area contributed by atoms with Gasteiger partial charge in [0.05, 0.1) is 0 Å². The maximum Gasteiger partial charge on any atom is 0.321 e. The molecule has 1 aromatic rings. The molecule has 0 amide bonds. The largest absolute Gasteiger partial charge is 0.480 e. The SMILES string of the molecule is O=C(O)[C@@H]1Cc2ccccc2CN1CC1CC1. The molecule has 1 aromatic carbocycles. The minimum atomic E-state index is -0.680. The smallest absolute Gasteiger partial charge is 0.321 e. The van der Waals surface area contributed by atoms with Crippen molar-refractivity contribution in [2.75, 3.05) is 6.54 Å². The Kier molecular flexibility index (Phi) is 2.63. The molecule has 1 fully saturated rings. The van der Waals surface area contributed by atoms with Crippen LogP contribution >= 0.6 is 0 Å². The van der Waals surface area contributed by atoms with Crippen LogP contribution < -0.4 is 0 Å². The van der Waals surface area contributed by atoms with Gasteiger partial charge in [0.15, 0.2) is 0 Å². The van der Waals surface area contributed by atoms with Gasteiger partial charge in [0, 0.05) is 13.1 Å². The Labute approximate surface area is 101 Å². The van der Waals surface area contributed by atoms with E-state index in [1.165, 1.54) is 24.0 Å². The van der Waals surface area contributed by atoms with Gasteiger partial charge in [-0.25, -0.2) is 0 Å². The lowest BCUT2D eigenvalue weighted by atomic mass is 9.94. The summed E-state index contributed by atoms with van der Waals surface area (Å²) < 4.78 is 0. The second-order valence-electron chi connectivity index (χ2n) is 5.20. The number of carbonyl (C=O) groups is 1. The molecule has 0 bridgehead atoms. The number of aliphatic carboxylic acids is 1. The van der Waals surface area contributed by atoms with Crippen LogP contribution in [-0.2, 0) is 17.8 Å². The van der Waals surface area contributed by atoms with Crippen LogP contribution in [-0.4, -0.2) is 28.6 Å². The summed E-state index contributed by atoms with van der Waals surface area (Å²) >= 11 is 0. The fraction of sp³-hybridized carbons (Fsp3) is 0.500. The third-order valence-electron chi connectivity index (χ3n) is 3.82. The molecule has 3 nitrogen and oxygen atoms in total. The van der Waals surface area contributed by atoms with E-state index < -0.39 is 5.97 Å². The maximum atomic E-state index is 11.3. The van der Waals surface area contributed by atoms with Crippen molar-refractivity contribution in [2.24, 2.45) is 5.92 Å². The molecule has 90 valence electrons. The van der Waals surface area contributed by atoms with E-state index in [2.05, 4.69) is 17.0 Å². The lowest BCUT2D eigenvalue weighted by Gasteiger charge is -2.34. The van der Waals surface area contributed by atoms with Gasteiger partial charge in [-0.2, -0.15) is 0 Å². The third-order valence-corrected chi connectivity index (χ3v) is 3.82. The molecule has 0 spiro atoms. The highest BCUT2D eigenvalue weighted by atomic mass is 16.4. The van der Waals surface area contributed by atoms with Crippen molar-refractivity contribution >= 4 is 5.97 Å². The number of benzene rings is 1. The number of hydrogen-bond acceptors (Lipinski definition) is 2. The van der Waals surface area contributed by atoms with E-state index in [1.807, 2.05) is 12.1 Å². The van der Waals surface area contributed by atoms with Crippen LogP contribution in [0.15, 0.2) is 24.3 Å². The number of carboxylic acids is 1. The van der Waals surface area contributed by atoms with Crippen molar-refractivity contribution in [3.05, 3.63) is 35.4 Å². The maximum absolute atomic E-state index is 11.3. The summed E-state index contributed by atoms with van der Waals surface area (Å²) in [6.07, 6.45) is 3.19. The molecule has 0 unspecified atom stereocenters. The van der Waals surface area contributed by atoms with Crippen molar-refractivity contribution in [1.82, 2.24) is 4.90 Å². The first kappa shape index (κ1) is 10.8. The number of rotatable bonds is 3. The first-order chi connectivity index (χ1) is 8.24. The molecule has 1 aliphatic carbocycles. The Hall–Kier alpha value is -1.35. The molecule has 2 aliphatic rings. The summed E-state index contributed by atoms with van der Waals surface area (Å²) in [4.78, 5) is 13.5. The summed E-state index contributed by atoms with van der Waals surface area (Å²) in [5.41, 5.74) is 2.50. The van der Waals surface area contributed by atoms with Gasteiger partial charge in [-0.15, -0.1) is 0 Å². The number of hydrogen-bond donors (Lipinski definition) is 1. The Bertz CT molecular complexity index is 440. The van der Waals surface area contributed by atoms with Crippen LogP contribution in [0.5, 0.6) is 0 Å². The molecule has 17 heavy (non-hydrogen) atoms. The molecule has 0 radical (unpaired) electrons. The summed E-state index contributed by atoms with van der Waals surface area (Å²) in [7, 11) is 0. The fourth-order valence-corrected chi connectivity index (χ4v) is 2.64. The van der Waals surface area contributed by atoms with E-state index in [0.717, 1.165) is 19.0 Å². The summed E-state index contributed by atoms with van der Waals surface area (Å²) in [6, 6.07) is 7.88. The minimum absolute atomic E-state index is 0.328. The standard InChI is InChI=1S/C14H17NO2/c16-14(17)13-7-11-3-1-2-4-12(11)9-15(13)8-10-5-6-10/h1-4,10,13H,5-9H2,(H,16,17)/t13-/m0/s1. The quantitative estimate of drug-likeness (QED) is 0.863. The molecule has 1 atom stereocenters. The highest BCUT2D eigenvalue weighted by Gasteiger charge is 2.34. The van der Waals surface area contributed by atoms with E-state index in [0.29, 0.717) is 6.42 Å². The topological polar surface area (TPSA) is 40.5 Å². The monoisotopic (exact) mass is 231 g/mol. The second-order valence-corrected chi connectivity index (χ2v) is 5.20. The van der Waals surface area contributed by atoms with Crippen LogP contribution in [0.4, 0.5) is 0 Å². The first-order valence-corrected chi connectivity index (χ1v) is 6.27. The molecule has 1 saturated carbocycles. The lowest BCUT2D eigenvalue weighted by molar-refractivity contribution is -0.144. The zero-order valence-electron chi connectivity index (χ0n) is 9.80.